The van der Waals surface area contributed by atoms with Gasteiger partial charge in [-0.1, -0.05) is 0 Å². The van der Waals surface area contributed by atoms with Crippen molar-refractivity contribution in [2.24, 2.45) is 0 Å². The summed E-state index contributed by atoms with van der Waals surface area (Å²) < 4.78 is 60.4. The van der Waals surface area contributed by atoms with Gasteiger partial charge in [-0.3, -0.25) is 34.2 Å². The lowest BCUT2D eigenvalue weighted by Gasteiger charge is -2.26. The van der Waals surface area contributed by atoms with Gasteiger partial charge in [-0.15, -0.1) is 0 Å². The number of carbonyl (C=O) groups is 5. The third-order valence-corrected chi connectivity index (χ3v) is 16.6. The average molecular weight is 1510 g/mol. The number of anilines is 6. The van der Waals surface area contributed by atoms with Crippen LogP contribution < -0.4 is 45.8 Å². The Balaban J connectivity index is 0.000000171. The van der Waals surface area contributed by atoms with Crippen molar-refractivity contribution in [3.8, 4) is 40.1 Å². The Morgan fingerprint density at radius 2 is 0.748 bits per heavy atom. The minimum atomic E-state index is -0.984. The van der Waals surface area contributed by atoms with E-state index in [1.807, 2.05) is 123 Å². The smallest absolute Gasteiger partial charge is 0.338 e. The molecule has 0 aliphatic carbocycles. The van der Waals surface area contributed by atoms with Crippen LogP contribution in [0.25, 0.3) is 33.4 Å². The average Bonchev–Trinajstić information content (AvgIpc) is 1.67. The zero-order valence-electron chi connectivity index (χ0n) is 61.9. The molecule has 1 fully saturated rings. The summed E-state index contributed by atoms with van der Waals surface area (Å²) in [6.45, 7) is 1.72. The number of likely N-dealkylation sites (tertiary alicyclic amines) is 1. The number of nitro benzene ring substituents is 2. The highest BCUT2D eigenvalue weighted by Gasteiger charge is 2.22. The Kier molecular flexibility index (Phi) is 29.7. The van der Waals surface area contributed by atoms with Gasteiger partial charge in [0.1, 0.15) is 47.1 Å². The van der Waals surface area contributed by atoms with E-state index in [0.29, 0.717) is 28.3 Å². The number of methoxy groups -OCH3 is 9. The lowest BCUT2D eigenvalue weighted by atomic mass is 10.1. The molecule has 0 saturated carbocycles. The number of nitrogens with zero attached hydrogens (tertiary/aromatic N) is 7. The molecule has 0 unspecified atom stereocenters. The van der Waals surface area contributed by atoms with Gasteiger partial charge >= 0.3 is 29.6 Å². The Labute approximate surface area is 636 Å². The van der Waals surface area contributed by atoms with Gasteiger partial charge in [0.05, 0.1) is 130 Å². The Hall–Kier alpha value is -14.6. The van der Waals surface area contributed by atoms with Crippen LogP contribution in [0.3, 0.4) is 0 Å². The van der Waals surface area contributed by atoms with Crippen LogP contribution in [0.2, 0.25) is 0 Å². The fourth-order valence-corrected chi connectivity index (χ4v) is 10.7. The number of hydrogen-bond donors (Lipinski definition) is 4. The number of esters is 4. The SMILES string of the molecule is COC(=O)c1ccc(F)c([N+](=O)[O-])c1.COC(=O)c1ccc(Nc2ccc(OC)cc2)c(N)c1.COC(=O)c1ccc(Nc2ccc(OC)cc2)c([N+](=O)[O-])c1.COC(=O)c1ccc2c(c1)ncn2-c1ccc(OC)cc1.COc1ccc(-n2cnc3cc(C(=O)N4CCCCC4)ccc32)cc1.COc1ccc(N)cc1. The second-order valence-corrected chi connectivity index (χ2v) is 23.5. The largest absolute Gasteiger partial charge is 0.497 e. The lowest BCUT2D eigenvalue weighted by Crippen LogP contribution is -2.35. The molecular weight excluding hydrogens is 1430 g/mol. The van der Waals surface area contributed by atoms with Gasteiger partial charge in [-0.05, 0) is 219 Å². The summed E-state index contributed by atoms with van der Waals surface area (Å²) in [5, 5.41) is 27.6. The summed E-state index contributed by atoms with van der Waals surface area (Å²) >= 11 is 0. The number of imidazole rings is 2. The number of piperidine rings is 1. The molecule has 0 spiro atoms. The topological polar surface area (TPSA) is 370 Å². The molecule has 30 heteroatoms. The van der Waals surface area contributed by atoms with E-state index >= 15 is 0 Å². The van der Waals surface area contributed by atoms with Crippen molar-refractivity contribution < 1.29 is 80.8 Å². The van der Waals surface area contributed by atoms with Gasteiger partial charge in [0, 0.05) is 59.2 Å². The molecule has 6 N–H and O–H groups in total. The van der Waals surface area contributed by atoms with E-state index in [1.165, 1.54) is 45.9 Å². The van der Waals surface area contributed by atoms with Gasteiger partial charge in [-0.2, -0.15) is 4.39 Å². The molecule has 0 atom stereocenters. The van der Waals surface area contributed by atoms with Crippen molar-refractivity contribution in [1.29, 1.82) is 0 Å². The Bertz CT molecular complexity index is 5170. The molecule has 2 aromatic heterocycles. The predicted molar refractivity (Wildman–Crippen MR) is 417 cm³/mol. The summed E-state index contributed by atoms with van der Waals surface area (Å²) in [7, 11) is 13.1. The van der Waals surface area contributed by atoms with Crippen molar-refractivity contribution in [2.45, 2.75) is 19.3 Å². The van der Waals surface area contributed by atoms with E-state index in [0.717, 1.165) is 130 Å². The van der Waals surface area contributed by atoms with Crippen LogP contribution in [-0.2, 0) is 18.9 Å². The maximum absolute atomic E-state index is 12.8. The number of rotatable bonds is 18. The first-order chi connectivity index (χ1) is 53.5. The number of amides is 1. The molecule has 13 rings (SSSR count). The molecule has 1 saturated heterocycles. The standard InChI is InChI=1S/C20H21N3O2.C16H14N2O3.C15H14N2O5.C15H16N2O3.C8H6FNO4.C7H9NO/c1-25-17-8-6-16(7-9-17)23-14-21-18-13-15(5-10-19(18)23)20(24)22-11-3-2-4-12-22;1-20-13-6-4-12(5-7-13)18-10-17-14-9-11(16(19)21-2)3-8-15(14)18;1-21-12-6-4-11(5-7-12)16-13-8-3-10(15(18)22-2)9-14(13)17(19)20;1-19-12-6-4-11(5-7-12)17-14-8-3-10(9-13(14)16)15(18)20-2;1-14-8(11)5-2-3-6(9)7(4-5)10(12)13;1-9-7-4-2-6(8)3-5-7/h5-10,13-14H,2-4,11-12H2,1H3;3-10H,1-2H3;3-9,16H,1-2H3;3-9,17H,16H2,1-2H3;2-4H,1H3;2-5H,8H2,1H3. The number of carbonyl (C=O) groups excluding carboxylic acids is 5. The van der Waals surface area contributed by atoms with E-state index < -0.39 is 39.3 Å². The molecule has 0 radical (unpaired) electrons. The summed E-state index contributed by atoms with van der Waals surface area (Å²) in [6.07, 6.45) is 6.93. The van der Waals surface area contributed by atoms with Crippen LogP contribution >= 0.6 is 0 Å². The number of ether oxygens (including phenoxy) is 9. The lowest BCUT2D eigenvalue weighted by molar-refractivity contribution is -0.387. The fourth-order valence-electron chi connectivity index (χ4n) is 10.7. The molecular formula is C81H80FN11O18. The first-order valence-corrected chi connectivity index (χ1v) is 33.8. The minimum Gasteiger partial charge on any atom is -0.497 e. The van der Waals surface area contributed by atoms with E-state index in [4.69, 9.17) is 39.9 Å². The van der Waals surface area contributed by atoms with Gasteiger partial charge in [0.15, 0.2) is 0 Å². The highest BCUT2D eigenvalue weighted by Crippen LogP contribution is 2.32. The summed E-state index contributed by atoms with van der Waals surface area (Å²) in [6, 6.07) is 60.2. The molecule has 1 aliphatic heterocycles. The first kappa shape index (κ1) is 82.1. The molecule has 1 aliphatic rings. The minimum absolute atomic E-state index is 0.0550. The van der Waals surface area contributed by atoms with Crippen LogP contribution in [0.15, 0.2) is 225 Å². The Morgan fingerprint density at radius 3 is 1.15 bits per heavy atom. The van der Waals surface area contributed by atoms with Gasteiger partial charge in [0.2, 0.25) is 5.82 Å². The quantitative estimate of drug-likeness (QED) is 0.0204. The predicted octanol–water partition coefficient (Wildman–Crippen LogP) is 15.2. The monoisotopic (exact) mass is 1510 g/mol. The number of aromatic nitrogens is 4. The van der Waals surface area contributed by atoms with E-state index in [9.17, 15) is 48.6 Å². The number of nitrogen functional groups attached to an aromatic ring is 2. The maximum atomic E-state index is 12.8. The molecule has 574 valence electrons. The van der Waals surface area contributed by atoms with E-state index in [2.05, 4.69) is 34.8 Å². The zero-order valence-corrected chi connectivity index (χ0v) is 61.9. The summed E-state index contributed by atoms with van der Waals surface area (Å²) in [5.74, 6) is 0.910. The van der Waals surface area contributed by atoms with Crippen LogP contribution in [0.5, 0.6) is 28.7 Å². The van der Waals surface area contributed by atoms with E-state index in [1.54, 1.807) is 115 Å². The Morgan fingerprint density at radius 1 is 0.405 bits per heavy atom. The number of benzene rings is 10. The summed E-state index contributed by atoms with van der Waals surface area (Å²) in [4.78, 5) is 88.8. The molecule has 3 heterocycles. The number of halogens is 1. The molecule has 111 heavy (non-hydrogen) atoms. The fraction of sp³-hybridized carbons (Fsp3) is 0.173. The third kappa shape index (κ3) is 22.5. The zero-order chi connectivity index (χ0) is 80.1. The molecule has 0 bridgehead atoms. The van der Waals surface area contributed by atoms with Crippen LogP contribution in [0, 0.1) is 26.0 Å². The number of nitro groups is 2. The molecule has 12 aromatic rings. The summed E-state index contributed by atoms with van der Waals surface area (Å²) in [5.41, 5.74) is 21.3. The second kappa shape index (κ2) is 40.2. The first-order valence-electron chi connectivity index (χ1n) is 33.8. The van der Waals surface area contributed by atoms with Gasteiger partial charge in [0.25, 0.3) is 11.6 Å². The second-order valence-electron chi connectivity index (χ2n) is 23.5. The van der Waals surface area contributed by atoms with Crippen molar-refractivity contribution in [1.82, 2.24) is 24.0 Å². The van der Waals surface area contributed by atoms with Crippen LogP contribution in [0.4, 0.5) is 49.9 Å². The molecule has 29 nitrogen and oxygen atoms in total. The van der Waals surface area contributed by atoms with Gasteiger partial charge < -0.3 is 69.6 Å². The number of fused-ring (bicyclic) bond motifs is 2. The van der Waals surface area contributed by atoms with Crippen molar-refractivity contribution in [2.75, 3.05) is 99.2 Å². The number of nitrogens with one attached hydrogen (secondary N) is 2. The normalized spacial score (nSPS) is 11.0. The number of hydrogen-bond acceptors (Lipinski definition) is 24. The van der Waals surface area contributed by atoms with Crippen molar-refractivity contribution in [3.05, 3.63) is 279 Å². The highest BCUT2D eigenvalue weighted by atomic mass is 19.1. The van der Waals surface area contributed by atoms with Gasteiger partial charge in [-0.25, -0.2) is 29.1 Å². The maximum Gasteiger partial charge on any atom is 0.338 e. The van der Waals surface area contributed by atoms with Crippen LogP contribution in [-0.4, -0.2) is 141 Å². The van der Waals surface area contributed by atoms with Crippen molar-refractivity contribution >= 4 is 97.4 Å². The van der Waals surface area contributed by atoms with Crippen LogP contribution in [0.1, 0.15) is 71.1 Å². The highest BCUT2D eigenvalue weighted by molar-refractivity contribution is 5.98. The third-order valence-electron chi connectivity index (χ3n) is 16.6. The molecule has 10 aromatic carbocycles. The molecule has 1 amide bonds. The number of nitrogens with two attached hydrogens (primary N) is 2. The van der Waals surface area contributed by atoms with Crippen molar-refractivity contribution in [3.63, 3.8) is 0 Å². The van der Waals surface area contributed by atoms with E-state index in [-0.39, 0.29) is 34.4 Å².